The van der Waals surface area contributed by atoms with Gasteiger partial charge in [0.1, 0.15) is 0 Å². The molecule has 108 valence electrons. The molecule has 3 aromatic heterocycles. The van der Waals surface area contributed by atoms with E-state index in [1.54, 1.807) is 11.3 Å². The van der Waals surface area contributed by atoms with Gasteiger partial charge in [0.05, 0.1) is 23.5 Å². The molecule has 0 bridgehead atoms. The maximum Gasteiger partial charge on any atom is 0.211 e. The maximum absolute atomic E-state index is 5.45. The van der Waals surface area contributed by atoms with Gasteiger partial charge in [-0.2, -0.15) is 5.10 Å². The van der Waals surface area contributed by atoms with Crippen LogP contribution in [0.2, 0.25) is 0 Å². The molecule has 0 N–H and O–H groups in total. The molecule has 1 unspecified atom stereocenters. The van der Waals surface area contributed by atoms with Crippen molar-refractivity contribution in [3.8, 4) is 5.13 Å². The number of aromatic nitrogens is 4. The summed E-state index contributed by atoms with van der Waals surface area (Å²) in [7, 11) is 0. The Kier molecular flexibility index (Phi) is 3.01. The van der Waals surface area contributed by atoms with Gasteiger partial charge in [0.25, 0.3) is 0 Å². The van der Waals surface area contributed by atoms with Crippen LogP contribution in [0.1, 0.15) is 29.4 Å². The highest BCUT2D eigenvalue weighted by Gasteiger charge is 2.21. The Morgan fingerprint density at radius 3 is 3.10 bits per heavy atom. The smallest absolute Gasteiger partial charge is 0.211 e. The monoisotopic (exact) mass is 300 g/mol. The Labute approximate surface area is 126 Å². The van der Waals surface area contributed by atoms with Gasteiger partial charge in [-0.3, -0.25) is 4.98 Å². The highest BCUT2D eigenvalue weighted by molar-refractivity contribution is 7.12. The molecule has 1 aliphatic heterocycles. The normalized spacial score (nSPS) is 18.7. The van der Waals surface area contributed by atoms with E-state index in [2.05, 4.69) is 21.5 Å². The van der Waals surface area contributed by atoms with Crippen LogP contribution < -0.4 is 0 Å². The predicted molar refractivity (Wildman–Crippen MR) is 82.2 cm³/mol. The van der Waals surface area contributed by atoms with Crippen LogP contribution in [0.5, 0.6) is 0 Å². The summed E-state index contributed by atoms with van der Waals surface area (Å²) in [6.45, 7) is 5.63. The van der Waals surface area contributed by atoms with Crippen LogP contribution in [0.4, 0.5) is 0 Å². The summed E-state index contributed by atoms with van der Waals surface area (Å²) >= 11 is 1.64. The zero-order valence-electron chi connectivity index (χ0n) is 12.0. The van der Waals surface area contributed by atoms with Gasteiger partial charge in [-0.1, -0.05) is 0 Å². The third-order valence-electron chi connectivity index (χ3n) is 3.93. The lowest BCUT2D eigenvalue weighted by molar-refractivity contribution is 0.193. The summed E-state index contributed by atoms with van der Waals surface area (Å²) < 4.78 is 7.38. The second-order valence-electron chi connectivity index (χ2n) is 5.46. The summed E-state index contributed by atoms with van der Waals surface area (Å²) in [5, 5.41) is 8.77. The van der Waals surface area contributed by atoms with E-state index in [0.717, 1.165) is 52.8 Å². The maximum atomic E-state index is 5.45. The lowest BCUT2D eigenvalue weighted by atomic mass is 10.1. The molecule has 0 aliphatic carbocycles. The van der Waals surface area contributed by atoms with Gasteiger partial charge in [-0.15, -0.1) is 11.3 Å². The van der Waals surface area contributed by atoms with Crippen molar-refractivity contribution >= 4 is 22.2 Å². The van der Waals surface area contributed by atoms with Crippen LogP contribution in [0.3, 0.4) is 0 Å². The van der Waals surface area contributed by atoms with Crippen molar-refractivity contribution in [1.29, 1.82) is 0 Å². The number of hydrogen-bond donors (Lipinski definition) is 0. The average molecular weight is 300 g/mol. The number of pyridine rings is 1. The first-order valence-electron chi connectivity index (χ1n) is 7.08. The second-order valence-corrected chi connectivity index (χ2v) is 6.29. The van der Waals surface area contributed by atoms with Gasteiger partial charge in [0.2, 0.25) is 5.13 Å². The summed E-state index contributed by atoms with van der Waals surface area (Å²) in [4.78, 5) is 9.13. The number of fused-ring (bicyclic) bond motifs is 1. The molecule has 0 radical (unpaired) electrons. The van der Waals surface area contributed by atoms with E-state index >= 15 is 0 Å². The SMILES string of the molecule is Cc1cc2c(cn1)c(C)nn2-c1nc(C2CCOC2)cs1. The Morgan fingerprint density at radius 2 is 2.29 bits per heavy atom. The molecule has 6 heteroatoms. The minimum Gasteiger partial charge on any atom is -0.381 e. The van der Waals surface area contributed by atoms with Crippen molar-refractivity contribution in [2.75, 3.05) is 13.2 Å². The Morgan fingerprint density at radius 1 is 1.38 bits per heavy atom. The number of rotatable bonds is 2. The molecule has 4 heterocycles. The summed E-state index contributed by atoms with van der Waals surface area (Å²) in [6.07, 6.45) is 2.95. The molecule has 0 saturated carbocycles. The third kappa shape index (κ3) is 2.15. The van der Waals surface area contributed by atoms with E-state index in [9.17, 15) is 0 Å². The Hall–Kier alpha value is -1.79. The van der Waals surface area contributed by atoms with Gasteiger partial charge in [-0.05, 0) is 26.3 Å². The van der Waals surface area contributed by atoms with Crippen molar-refractivity contribution in [3.63, 3.8) is 0 Å². The van der Waals surface area contributed by atoms with Gasteiger partial charge in [0, 0.05) is 35.2 Å². The van der Waals surface area contributed by atoms with Crippen molar-refractivity contribution in [2.24, 2.45) is 0 Å². The molecular weight excluding hydrogens is 284 g/mol. The highest BCUT2D eigenvalue weighted by Crippen LogP contribution is 2.29. The number of ether oxygens (including phenoxy) is 1. The van der Waals surface area contributed by atoms with Gasteiger partial charge in [-0.25, -0.2) is 9.67 Å². The van der Waals surface area contributed by atoms with E-state index in [0.29, 0.717) is 5.92 Å². The van der Waals surface area contributed by atoms with Crippen LogP contribution in [0.25, 0.3) is 16.0 Å². The number of thiazole rings is 1. The van der Waals surface area contributed by atoms with Crippen LogP contribution >= 0.6 is 11.3 Å². The standard InChI is InChI=1S/C15H16N4OS/c1-9-5-14-12(6-16-9)10(2)18-19(14)15-17-13(8-21-15)11-3-4-20-7-11/h5-6,8,11H,3-4,7H2,1-2H3. The Bertz CT molecular complexity index is 801. The van der Waals surface area contributed by atoms with E-state index in [1.165, 1.54) is 0 Å². The third-order valence-corrected chi connectivity index (χ3v) is 4.76. The topological polar surface area (TPSA) is 52.8 Å². The molecule has 1 fully saturated rings. The van der Waals surface area contributed by atoms with Crippen molar-refractivity contribution in [3.05, 3.63) is 34.7 Å². The molecule has 5 nitrogen and oxygen atoms in total. The first kappa shape index (κ1) is 12.9. The molecule has 21 heavy (non-hydrogen) atoms. The zero-order valence-corrected chi connectivity index (χ0v) is 12.9. The molecule has 4 rings (SSSR count). The highest BCUT2D eigenvalue weighted by atomic mass is 32.1. The lowest BCUT2D eigenvalue weighted by Gasteiger charge is -2.02. The minimum absolute atomic E-state index is 0.432. The largest absolute Gasteiger partial charge is 0.381 e. The molecule has 1 aliphatic rings. The zero-order chi connectivity index (χ0) is 14.4. The summed E-state index contributed by atoms with van der Waals surface area (Å²) in [5.74, 6) is 0.432. The average Bonchev–Trinajstić information content (AvgIpc) is 3.17. The molecule has 3 aromatic rings. The van der Waals surface area contributed by atoms with E-state index in [4.69, 9.17) is 9.72 Å². The summed E-state index contributed by atoms with van der Waals surface area (Å²) in [6, 6.07) is 2.06. The molecule has 0 aromatic carbocycles. The molecule has 0 amide bonds. The fourth-order valence-corrected chi connectivity index (χ4v) is 3.60. The number of nitrogens with zero attached hydrogens (tertiary/aromatic N) is 4. The second kappa shape index (κ2) is 4.89. The molecule has 1 saturated heterocycles. The van der Waals surface area contributed by atoms with Crippen LogP contribution in [0, 0.1) is 13.8 Å². The van der Waals surface area contributed by atoms with Crippen LogP contribution in [-0.2, 0) is 4.74 Å². The van der Waals surface area contributed by atoms with Gasteiger partial charge >= 0.3 is 0 Å². The fourth-order valence-electron chi connectivity index (χ4n) is 2.73. The first-order valence-corrected chi connectivity index (χ1v) is 7.96. The first-order chi connectivity index (χ1) is 10.2. The molecule has 1 atom stereocenters. The Balaban J connectivity index is 1.81. The van der Waals surface area contributed by atoms with Gasteiger partial charge < -0.3 is 4.74 Å². The van der Waals surface area contributed by atoms with Crippen molar-refractivity contribution in [1.82, 2.24) is 19.7 Å². The molecular formula is C15H16N4OS. The predicted octanol–water partition coefficient (Wildman–Crippen LogP) is 3.00. The summed E-state index contributed by atoms with van der Waals surface area (Å²) in [5.41, 5.74) is 4.17. The van der Waals surface area contributed by atoms with E-state index in [-0.39, 0.29) is 0 Å². The number of hydrogen-bond acceptors (Lipinski definition) is 5. The fraction of sp³-hybridized carbons (Fsp3) is 0.400. The van der Waals surface area contributed by atoms with Crippen molar-refractivity contribution in [2.45, 2.75) is 26.2 Å². The molecule has 0 spiro atoms. The van der Waals surface area contributed by atoms with Gasteiger partial charge in [0.15, 0.2) is 0 Å². The van der Waals surface area contributed by atoms with Crippen LogP contribution in [0.15, 0.2) is 17.6 Å². The van der Waals surface area contributed by atoms with Crippen molar-refractivity contribution < 1.29 is 4.74 Å². The van der Waals surface area contributed by atoms with E-state index in [1.807, 2.05) is 24.7 Å². The minimum atomic E-state index is 0.432. The lowest BCUT2D eigenvalue weighted by Crippen LogP contribution is -2.00. The number of aryl methyl sites for hydroxylation is 2. The quantitative estimate of drug-likeness (QED) is 0.730. The van der Waals surface area contributed by atoms with Crippen LogP contribution in [-0.4, -0.2) is 33.0 Å². The van der Waals surface area contributed by atoms with E-state index < -0.39 is 0 Å².